The molecule has 0 aromatic heterocycles. The fraction of sp³-hybridized carbons (Fsp3) is 0.600. The molecule has 0 aliphatic carbocycles. The molecule has 0 saturated carbocycles. The van der Waals surface area contributed by atoms with Crippen molar-refractivity contribution in [1.82, 2.24) is 4.90 Å². The number of hydrogen-bond donors (Lipinski definition) is 1. The highest BCUT2D eigenvalue weighted by molar-refractivity contribution is 5.43. The minimum Gasteiger partial charge on any atom is -0.493 e. The van der Waals surface area contributed by atoms with Crippen LogP contribution < -0.4 is 9.47 Å². The summed E-state index contributed by atoms with van der Waals surface area (Å²) in [6.07, 6.45) is 0. The van der Waals surface area contributed by atoms with Crippen LogP contribution >= 0.6 is 0 Å². The van der Waals surface area contributed by atoms with Gasteiger partial charge >= 0.3 is 0 Å². The van der Waals surface area contributed by atoms with Gasteiger partial charge in [0.25, 0.3) is 0 Å². The first-order valence-corrected chi connectivity index (χ1v) is 6.52. The largest absolute Gasteiger partial charge is 0.493 e. The van der Waals surface area contributed by atoms with Gasteiger partial charge in [0.05, 0.1) is 14.2 Å². The molecule has 0 radical (unpaired) electrons. The number of ether oxygens (including phenoxy) is 2. The predicted octanol–water partition coefficient (Wildman–Crippen LogP) is 2.29. The normalized spacial score (nSPS) is 11.8. The van der Waals surface area contributed by atoms with E-state index in [0.29, 0.717) is 30.2 Å². The summed E-state index contributed by atoms with van der Waals surface area (Å²) in [6.45, 7) is 5.13. The Hall–Kier alpha value is -1.33. The summed E-state index contributed by atoms with van der Waals surface area (Å²) >= 11 is 0. The molecule has 0 amide bonds. The molecule has 114 valence electrons. The molecular formula is C15H24FNO3. The van der Waals surface area contributed by atoms with Crippen LogP contribution in [0.1, 0.15) is 19.4 Å². The second kappa shape index (κ2) is 6.90. The van der Waals surface area contributed by atoms with Crippen LogP contribution in [0.25, 0.3) is 0 Å². The van der Waals surface area contributed by atoms with E-state index >= 15 is 0 Å². The molecule has 0 spiro atoms. The van der Waals surface area contributed by atoms with E-state index in [2.05, 4.69) is 0 Å². The molecular weight excluding hydrogens is 261 g/mol. The number of aliphatic hydroxyl groups is 1. The Balaban J connectivity index is 2.87. The first-order chi connectivity index (χ1) is 9.32. The van der Waals surface area contributed by atoms with Gasteiger partial charge < -0.3 is 19.5 Å². The van der Waals surface area contributed by atoms with E-state index < -0.39 is 0 Å². The van der Waals surface area contributed by atoms with Gasteiger partial charge in [-0.2, -0.15) is 0 Å². The van der Waals surface area contributed by atoms with Crippen LogP contribution in [0.3, 0.4) is 0 Å². The van der Waals surface area contributed by atoms with E-state index in [4.69, 9.17) is 9.47 Å². The van der Waals surface area contributed by atoms with Gasteiger partial charge in [-0.3, -0.25) is 0 Å². The van der Waals surface area contributed by atoms with Crippen LogP contribution in [0.4, 0.5) is 4.39 Å². The number of halogens is 1. The lowest BCUT2D eigenvalue weighted by Crippen LogP contribution is -2.33. The zero-order valence-corrected chi connectivity index (χ0v) is 12.9. The summed E-state index contributed by atoms with van der Waals surface area (Å²) in [5.74, 6) is 0.571. The maximum absolute atomic E-state index is 14.0. The molecule has 1 N–H and O–H groups in total. The molecule has 0 fully saturated rings. The zero-order chi connectivity index (χ0) is 15.3. The van der Waals surface area contributed by atoms with Crippen LogP contribution in [-0.2, 0) is 6.54 Å². The number of aliphatic hydroxyl groups excluding tert-OH is 1. The lowest BCUT2D eigenvalue weighted by Gasteiger charge is -2.28. The quantitative estimate of drug-likeness (QED) is 0.834. The molecule has 0 atom stereocenters. The first-order valence-electron chi connectivity index (χ1n) is 6.52. The monoisotopic (exact) mass is 285 g/mol. The SMILES string of the molecule is COc1cc(F)c(CN(C)CC(C)(C)CO)cc1OC. The Morgan fingerprint density at radius 1 is 1.20 bits per heavy atom. The van der Waals surface area contributed by atoms with Crippen LogP contribution in [-0.4, -0.2) is 44.4 Å². The molecule has 1 aromatic rings. The Morgan fingerprint density at radius 3 is 2.25 bits per heavy atom. The van der Waals surface area contributed by atoms with E-state index in [9.17, 15) is 9.50 Å². The third-order valence-electron chi connectivity index (χ3n) is 3.12. The van der Waals surface area contributed by atoms with Crippen molar-refractivity contribution in [3.05, 3.63) is 23.5 Å². The molecule has 0 bridgehead atoms. The average molecular weight is 285 g/mol. The molecule has 0 unspecified atom stereocenters. The summed E-state index contributed by atoms with van der Waals surface area (Å²) in [7, 11) is 4.90. The first kappa shape index (κ1) is 16.7. The van der Waals surface area contributed by atoms with Crippen molar-refractivity contribution in [2.45, 2.75) is 20.4 Å². The number of rotatable bonds is 7. The summed E-state index contributed by atoms with van der Waals surface area (Å²) in [5.41, 5.74) is 0.320. The van der Waals surface area contributed by atoms with Gasteiger partial charge in [0.15, 0.2) is 11.5 Å². The van der Waals surface area contributed by atoms with E-state index in [0.717, 1.165) is 0 Å². The van der Waals surface area contributed by atoms with Crippen LogP contribution in [0.15, 0.2) is 12.1 Å². The van der Waals surface area contributed by atoms with Gasteiger partial charge in [-0.05, 0) is 13.1 Å². The van der Waals surface area contributed by atoms with Crippen LogP contribution in [0.5, 0.6) is 11.5 Å². The highest BCUT2D eigenvalue weighted by Crippen LogP contribution is 2.30. The summed E-state index contributed by atoms with van der Waals surface area (Å²) < 4.78 is 24.3. The Kier molecular flexibility index (Phi) is 5.77. The number of hydrogen-bond acceptors (Lipinski definition) is 4. The van der Waals surface area contributed by atoms with Crippen molar-refractivity contribution in [2.24, 2.45) is 5.41 Å². The fourth-order valence-electron chi connectivity index (χ4n) is 2.14. The highest BCUT2D eigenvalue weighted by atomic mass is 19.1. The Labute approximate surface area is 120 Å². The molecule has 5 heteroatoms. The molecule has 0 saturated heterocycles. The van der Waals surface area contributed by atoms with Gasteiger partial charge in [-0.1, -0.05) is 13.8 Å². The van der Waals surface area contributed by atoms with Gasteiger partial charge in [0.2, 0.25) is 0 Å². The molecule has 0 aliphatic rings. The Morgan fingerprint density at radius 2 is 1.75 bits per heavy atom. The second-order valence-electron chi connectivity index (χ2n) is 5.79. The fourth-order valence-corrected chi connectivity index (χ4v) is 2.14. The van der Waals surface area contributed by atoms with Crippen molar-refractivity contribution >= 4 is 0 Å². The van der Waals surface area contributed by atoms with Crippen LogP contribution in [0.2, 0.25) is 0 Å². The molecule has 4 nitrogen and oxygen atoms in total. The molecule has 1 aromatic carbocycles. The van der Waals surface area contributed by atoms with Crippen LogP contribution in [0, 0.1) is 11.2 Å². The van der Waals surface area contributed by atoms with Gasteiger partial charge in [0.1, 0.15) is 5.82 Å². The number of methoxy groups -OCH3 is 2. The third kappa shape index (κ3) is 4.35. The Bertz CT molecular complexity index is 449. The van der Waals surface area contributed by atoms with Gasteiger partial charge in [0, 0.05) is 36.7 Å². The van der Waals surface area contributed by atoms with E-state index in [1.54, 1.807) is 6.07 Å². The molecule has 20 heavy (non-hydrogen) atoms. The van der Waals surface area contributed by atoms with E-state index in [1.807, 2.05) is 25.8 Å². The zero-order valence-electron chi connectivity index (χ0n) is 12.9. The van der Waals surface area contributed by atoms with Crippen molar-refractivity contribution in [3.63, 3.8) is 0 Å². The van der Waals surface area contributed by atoms with E-state index in [-0.39, 0.29) is 17.8 Å². The smallest absolute Gasteiger partial charge is 0.163 e. The van der Waals surface area contributed by atoms with Crippen molar-refractivity contribution < 1.29 is 19.0 Å². The third-order valence-corrected chi connectivity index (χ3v) is 3.12. The number of nitrogens with zero attached hydrogens (tertiary/aromatic N) is 1. The lowest BCUT2D eigenvalue weighted by atomic mass is 9.94. The predicted molar refractivity (Wildman–Crippen MR) is 76.7 cm³/mol. The van der Waals surface area contributed by atoms with Crippen molar-refractivity contribution in [2.75, 3.05) is 34.4 Å². The van der Waals surface area contributed by atoms with Gasteiger partial charge in [-0.25, -0.2) is 4.39 Å². The van der Waals surface area contributed by atoms with E-state index in [1.165, 1.54) is 20.3 Å². The highest BCUT2D eigenvalue weighted by Gasteiger charge is 2.20. The average Bonchev–Trinajstić information content (AvgIpc) is 2.39. The summed E-state index contributed by atoms with van der Waals surface area (Å²) in [5, 5.41) is 9.28. The maximum Gasteiger partial charge on any atom is 0.163 e. The van der Waals surface area contributed by atoms with Crippen molar-refractivity contribution in [1.29, 1.82) is 0 Å². The molecule has 0 heterocycles. The molecule has 0 aliphatic heterocycles. The second-order valence-corrected chi connectivity index (χ2v) is 5.79. The van der Waals surface area contributed by atoms with Crippen molar-refractivity contribution in [3.8, 4) is 11.5 Å². The lowest BCUT2D eigenvalue weighted by molar-refractivity contribution is 0.112. The minimum atomic E-state index is -0.323. The maximum atomic E-state index is 14.0. The minimum absolute atomic E-state index is 0.0890. The topological polar surface area (TPSA) is 41.9 Å². The summed E-state index contributed by atoms with van der Waals surface area (Å²) in [6, 6.07) is 2.98. The molecule has 1 rings (SSSR count). The number of benzene rings is 1. The standard InChI is InChI=1S/C15H24FNO3/c1-15(2,10-18)9-17(3)8-11-6-13(19-4)14(20-5)7-12(11)16/h6-7,18H,8-10H2,1-5H3. The summed E-state index contributed by atoms with van der Waals surface area (Å²) in [4.78, 5) is 1.97. The van der Waals surface area contributed by atoms with Gasteiger partial charge in [-0.15, -0.1) is 0 Å².